The quantitative estimate of drug-likeness (QED) is 0.795. The molecule has 0 aliphatic heterocycles. The highest BCUT2D eigenvalue weighted by molar-refractivity contribution is 6.32. The molecule has 0 aliphatic carbocycles. The SMILES string of the molecule is Cc1nn(CC(C)C)c(Cl)c1/C=N/n1cnnc1. The van der Waals surface area contributed by atoms with Crippen LogP contribution >= 0.6 is 11.6 Å². The van der Waals surface area contributed by atoms with Crippen LogP contribution in [0, 0.1) is 12.8 Å². The van der Waals surface area contributed by atoms with Crippen molar-refractivity contribution in [2.24, 2.45) is 11.0 Å². The Bertz CT molecular complexity index is 540. The van der Waals surface area contributed by atoms with E-state index in [4.69, 9.17) is 11.6 Å². The Morgan fingerprint density at radius 2 is 2.06 bits per heavy atom. The fourth-order valence-corrected chi connectivity index (χ4v) is 1.85. The maximum Gasteiger partial charge on any atom is 0.141 e. The van der Waals surface area contributed by atoms with Crippen molar-refractivity contribution < 1.29 is 0 Å². The van der Waals surface area contributed by atoms with Gasteiger partial charge < -0.3 is 0 Å². The van der Waals surface area contributed by atoms with Crippen molar-refractivity contribution in [2.45, 2.75) is 27.3 Å². The number of halogens is 1. The molecule has 0 aromatic carbocycles. The third-order valence-electron chi connectivity index (χ3n) is 2.37. The van der Waals surface area contributed by atoms with E-state index in [1.165, 1.54) is 17.3 Å². The summed E-state index contributed by atoms with van der Waals surface area (Å²) in [5.74, 6) is 0.490. The summed E-state index contributed by atoms with van der Waals surface area (Å²) in [6.45, 7) is 6.95. The second-order valence-corrected chi connectivity index (χ2v) is 4.81. The molecule has 2 aromatic heterocycles. The lowest BCUT2D eigenvalue weighted by molar-refractivity contribution is 0.482. The van der Waals surface area contributed by atoms with Gasteiger partial charge in [-0.15, -0.1) is 10.2 Å². The number of aryl methyl sites for hydroxylation is 1. The summed E-state index contributed by atoms with van der Waals surface area (Å²) < 4.78 is 3.31. The van der Waals surface area contributed by atoms with Gasteiger partial charge in [0.2, 0.25) is 0 Å². The third kappa shape index (κ3) is 2.76. The Balaban J connectivity index is 2.25. The number of aromatic nitrogens is 5. The summed E-state index contributed by atoms with van der Waals surface area (Å²) in [4.78, 5) is 0. The summed E-state index contributed by atoms with van der Waals surface area (Å²) >= 11 is 6.28. The Morgan fingerprint density at radius 1 is 1.39 bits per heavy atom. The molecule has 2 heterocycles. The van der Waals surface area contributed by atoms with Crippen LogP contribution in [0.4, 0.5) is 0 Å². The van der Waals surface area contributed by atoms with Crippen molar-refractivity contribution in [3.8, 4) is 0 Å². The van der Waals surface area contributed by atoms with E-state index in [0.29, 0.717) is 11.1 Å². The van der Waals surface area contributed by atoms with Crippen LogP contribution in [-0.4, -0.2) is 30.9 Å². The first kappa shape index (κ1) is 12.8. The van der Waals surface area contributed by atoms with Crippen molar-refractivity contribution in [2.75, 3.05) is 0 Å². The first-order chi connectivity index (χ1) is 8.58. The largest absolute Gasteiger partial charge is 0.253 e. The van der Waals surface area contributed by atoms with Crippen LogP contribution in [0.5, 0.6) is 0 Å². The van der Waals surface area contributed by atoms with E-state index >= 15 is 0 Å². The highest BCUT2D eigenvalue weighted by Crippen LogP contribution is 2.19. The fourth-order valence-electron chi connectivity index (χ4n) is 1.56. The van der Waals surface area contributed by atoms with Crippen LogP contribution < -0.4 is 0 Å². The topological polar surface area (TPSA) is 60.9 Å². The monoisotopic (exact) mass is 266 g/mol. The van der Waals surface area contributed by atoms with Crippen LogP contribution in [0.1, 0.15) is 25.1 Å². The normalized spacial score (nSPS) is 11.8. The van der Waals surface area contributed by atoms with Crippen LogP contribution in [-0.2, 0) is 6.54 Å². The number of nitrogens with zero attached hydrogens (tertiary/aromatic N) is 6. The van der Waals surface area contributed by atoms with Gasteiger partial charge in [-0.05, 0) is 12.8 Å². The first-order valence-electron chi connectivity index (χ1n) is 5.70. The van der Waals surface area contributed by atoms with Gasteiger partial charge >= 0.3 is 0 Å². The highest BCUT2D eigenvalue weighted by Gasteiger charge is 2.12. The average molecular weight is 267 g/mol. The smallest absolute Gasteiger partial charge is 0.141 e. The lowest BCUT2D eigenvalue weighted by atomic mass is 10.2. The maximum absolute atomic E-state index is 6.28. The predicted octanol–water partition coefficient (Wildman–Crippen LogP) is 1.97. The second-order valence-electron chi connectivity index (χ2n) is 4.45. The molecule has 0 amide bonds. The Labute approximate surface area is 110 Å². The van der Waals surface area contributed by atoms with Crippen molar-refractivity contribution in [3.63, 3.8) is 0 Å². The molecule has 2 aromatic rings. The van der Waals surface area contributed by atoms with Crippen molar-refractivity contribution in [1.82, 2.24) is 24.7 Å². The van der Waals surface area contributed by atoms with Crippen molar-refractivity contribution >= 4 is 17.8 Å². The van der Waals surface area contributed by atoms with E-state index in [1.54, 1.807) is 10.9 Å². The molecule has 2 rings (SSSR count). The van der Waals surface area contributed by atoms with Crippen molar-refractivity contribution in [1.29, 1.82) is 0 Å². The van der Waals surface area contributed by atoms with Crippen LogP contribution in [0.3, 0.4) is 0 Å². The number of hydrogen-bond acceptors (Lipinski definition) is 4. The molecule has 0 unspecified atom stereocenters. The molecular weight excluding hydrogens is 252 g/mol. The highest BCUT2D eigenvalue weighted by atomic mass is 35.5. The molecule has 0 fully saturated rings. The van der Waals surface area contributed by atoms with Gasteiger partial charge in [0.15, 0.2) is 0 Å². The van der Waals surface area contributed by atoms with Gasteiger partial charge in [0.1, 0.15) is 17.8 Å². The zero-order chi connectivity index (χ0) is 13.1. The van der Waals surface area contributed by atoms with E-state index < -0.39 is 0 Å². The van der Waals surface area contributed by atoms with Gasteiger partial charge in [0.25, 0.3) is 0 Å². The minimum absolute atomic E-state index is 0.490. The molecule has 0 aliphatic rings. The van der Waals surface area contributed by atoms with Crippen LogP contribution in [0.25, 0.3) is 0 Å². The molecular formula is C11H15ClN6. The molecule has 96 valence electrons. The zero-order valence-electron chi connectivity index (χ0n) is 10.6. The van der Waals surface area contributed by atoms with E-state index in [2.05, 4.69) is 34.2 Å². The standard InChI is InChI=1S/C11H15ClN6/c1-8(2)5-18-11(12)10(9(3)16-18)4-15-17-6-13-14-7-17/h4,6-8H,5H2,1-3H3/b15-4+. The van der Waals surface area contributed by atoms with Crippen LogP contribution in [0.15, 0.2) is 17.8 Å². The lowest BCUT2D eigenvalue weighted by Crippen LogP contribution is -2.06. The Hall–Kier alpha value is -1.69. The summed E-state index contributed by atoms with van der Waals surface area (Å²) in [7, 11) is 0. The Kier molecular flexibility index (Phi) is 3.76. The lowest BCUT2D eigenvalue weighted by Gasteiger charge is -2.05. The predicted molar refractivity (Wildman–Crippen MR) is 69.8 cm³/mol. The maximum atomic E-state index is 6.28. The van der Waals surface area contributed by atoms with Gasteiger partial charge in [-0.2, -0.15) is 10.2 Å². The molecule has 0 bridgehead atoms. The third-order valence-corrected chi connectivity index (χ3v) is 2.77. The van der Waals surface area contributed by atoms with E-state index in [0.717, 1.165) is 17.8 Å². The molecule has 0 radical (unpaired) electrons. The molecule has 0 atom stereocenters. The summed E-state index contributed by atoms with van der Waals surface area (Å²) in [6.07, 6.45) is 4.70. The van der Waals surface area contributed by atoms with Gasteiger partial charge in [-0.3, -0.25) is 4.68 Å². The summed E-state index contributed by atoms with van der Waals surface area (Å²) in [5.41, 5.74) is 1.68. The fraction of sp³-hybridized carbons (Fsp3) is 0.455. The number of rotatable bonds is 4. The van der Waals surface area contributed by atoms with Crippen molar-refractivity contribution in [3.05, 3.63) is 29.1 Å². The van der Waals surface area contributed by atoms with E-state index in [9.17, 15) is 0 Å². The second kappa shape index (κ2) is 5.30. The molecule has 18 heavy (non-hydrogen) atoms. The summed E-state index contributed by atoms with van der Waals surface area (Å²) in [6, 6.07) is 0. The van der Waals surface area contributed by atoms with Gasteiger partial charge in [-0.25, -0.2) is 4.68 Å². The van der Waals surface area contributed by atoms with Gasteiger partial charge in [0, 0.05) is 6.54 Å². The molecule has 0 saturated carbocycles. The zero-order valence-corrected chi connectivity index (χ0v) is 11.3. The minimum Gasteiger partial charge on any atom is -0.253 e. The molecule has 6 nitrogen and oxygen atoms in total. The molecule has 7 heteroatoms. The van der Waals surface area contributed by atoms with E-state index in [-0.39, 0.29) is 0 Å². The Morgan fingerprint density at radius 3 is 2.67 bits per heavy atom. The molecule has 0 spiro atoms. The average Bonchev–Trinajstić information content (AvgIpc) is 2.87. The van der Waals surface area contributed by atoms with Gasteiger partial charge in [-0.1, -0.05) is 25.4 Å². The molecule has 0 saturated heterocycles. The van der Waals surface area contributed by atoms with Crippen LogP contribution in [0.2, 0.25) is 5.15 Å². The first-order valence-corrected chi connectivity index (χ1v) is 6.07. The number of hydrogen-bond donors (Lipinski definition) is 0. The van der Waals surface area contributed by atoms with Gasteiger partial charge in [0.05, 0.1) is 17.5 Å². The summed E-state index contributed by atoms with van der Waals surface area (Å²) in [5, 5.41) is 16.5. The minimum atomic E-state index is 0.490. The molecule has 0 N–H and O–H groups in total. The van der Waals surface area contributed by atoms with E-state index in [1.807, 2.05) is 6.92 Å².